The van der Waals surface area contributed by atoms with Gasteiger partial charge in [0.2, 0.25) is 5.91 Å². The summed E-state index contributed by atoms with van der Waals surface area (Å²) in [6.07, 6.45) is 4.57. The minimum Gasteiger partial charge on any atom is -0.332 e. The summed E-state index contributed by atoms with van der Waals surface area (Å²) in [4.78, 5) is 28.0. The van der Waals surface area contributed by atoms with E-state index in [1.54, 1.807) is 18.1 Å². The number of nitrogens with one attached hydrogen (secondary N) is 1. The molecule has 0 bridgehead atoms. The van der Waals surface area contributed by atoms with Crippen molar-refractivity contribution >= 4 is 33.4 Å². The first-order valence-electron chi connectivity index (χ1n) is 8.77. The fourth-order valence-corrected chi connectivity index (χ4v) is 4.00. The molecule has 9 heteroatoms. The molecule has 0 atom stereocenters. The molecule has 148 valence electrons. The van der Waals surface area contributed by atoms with E-state index in [9.17, 15) is 18.0 Å². The van der Waals surface area contributed by atoms with Crippen molar-refractivity contribution in [2.45, 2.75) is 13.8 Å². The number of carbonyl (C=O) groups is 2. The first kappa shape index (κ1) is 19.8. The van der Waals surface area contributed by atoms with Crippen molar-refractivity contribution in [2.75, 3.05) is 31.2 Å². The van der Waals surface area contributed by atoms with Crippen molar-refractivity contribution in [1.82, 2.24) is 9.80 Å². The molecule has 0 saturated carbocycles. The smallest absolute Gasteiger partial charge is 0.256 e. The highest BCUT2D eigenvalue weighted by Crippen LogP contribution is 2.20. The Hall–Kier alpha value is -2.94. The molecule has 3 rings (SSSR count). The minimum absolute atomic E-state index is 0.101. The van der Waals surface area contributed by atoms with Crippen molar-refractivity contribution in [3.63, 3.8) is 0 Å². The van der Waals surface area contributed by atoms with Crippen LogP contribution in [0.15, 0.2) is 46.5 Å². The fourth-order valence-electron chi connectivity index (χ4n) is 3.03. The molecular formula is C19H22N4O4S. The van der Waals surface area contributed by atoms with E-state index in [0.29, 0.717) is 11.4 Å². The van der Waals surface area contributed by atoms with Crippen molar-refractivity contribution < 1.29 is 18.0 Å². The molecule has 28 heavy (non-hydrogen) atoms. The number of amidine groups is 1. The maximum Gasteiger partial charge on any atom is 0.256 e. The number of rotatable bonds is 4. The fraction of sp³-hybridized carbons (Fsp3) is 0.316. The van der Waals surface area contributed by atoms with Crippen molar-refractivity contribution in [3.05, 3.63) is 53.3 Å². The molecule has 0 aliphatic carbocycles. The summed E-state index contributed by atoms with van der Waals surface area (Å²) >= 11 is 0. The Labute approximate surface area is 164 Å². The average Bonchev–Trinajstić information content (AvgIpc) is 2.63. The number of anilines is 1. The Bertz CT molecular complexity index is 1000. The van der Waals surface area contributed by atoms with Gasteiger partial charge in [0.15, 0.2) is 0 Å². The predicted octanol–water partition coefficient (Wildman–Crippen LogP) is 1.20. The molecule has 0 aromatic heterocycles. The lowest BCUT2D eigenvalue weighted by molar-refractivity contribution is -0.129. The molecule has 0 fully saturated rings. The number of likely N-dealkylation sites (N-methyl/N-ethyl adjacent to an activating group) is 1. The van der Waals surface area contributed by atoms with Gasteiger partial charge in [0.05, 0.1) is 17.9 Å². The summed E-state index contributed by atoms with van der Waals surface area (Å²) in [6, 6.07) is 5.74. The van der Waals surface area contributed by atoms with E-state index >= 15 is 0 Å². The monoisotopic (exact) mass is 402 g/mol. The Balaban J connectivity index is 1.66. The molecule has 1 aromatic rings. The average molecular weight is 402 g/mol. The van der Waals surface area contributed by atoms with Crippen LogP contribution < -0.4 is 5.32 Å². The molecular weight excluding hydrogens is 380 g/mol. The molecule has 1 aromatic carbocycles. The lowest BCUT2D eigenvalue weighted by atomic mass is 10.1. The van der Waals surface area contributed by atoms with Crippen LogP contribution in [0.1, 0.15) is 11.1 Å². The summed E-state index contributed by atoms with van der Waals surface area (Å²) in [5, 5.41) is 2.85. The molecule has 0 unspecified atom stereocenters. The number of nitrogens with zero attached hydrogens (tertiary/aromatic N) is 3. The van der Waals surface area contributed by atoms with E-state index in [0.717, 1.165) is 16.8 Å². The normalized spacial score (nSPS) is 17.3. The van der Waals surface area contributed by atoms with Crippen LogP contribution in [0.5, 0.6) is 0 Å². The zero-order valence-electron chi connectivity index (χ0n) is 16.0. The second-order valence-corrected chi connectivity index (χ2v) is 8.58. The number of amides is 2. The van der Waals surface area contributed by atoms with Gasteiger partial charge in [-0.2, -0.15) is 0 Å². The van der Waals surface area contributed by atoms with Gasteiger partial charge in [0.1, 0.15) is 5.84 Å². The van der Waals surface area contributed by atoms with Crippen molar-refractivity contribution in [1.29, 1.82) is 0 Å². The first-order valence-corrected chi connectivity index (χ1v) is 10.4. The summed E-state index contributed by atoms with van der Waals surface area (Å²) in [5.41, 5.74) is 3.01. The number of benzene rings is 1. The number of sulfonamides is 1. The van der Waals surface area contributed by atoms with Crippen LogP contribution in [0, 0.1) is 13.8 Å². The lowest BCUT2D eigenvalue weighted by Gasteiger charge is -2.28. The zero-order chi connectivity index (χ0) is 20.5. The summed E-state index contributed by atoms with van der Waals surface area (Å²) in [5.74, 6) is -0.436. The highest BCUT2D eigenvalue weighted by atomic mass is 32.2. The number of aryl methyl sites for hydroxylation is 2. The number of hydrogen-bond donors (Lipinski definition) is 1. The van der Waals surface area contributed by atoms with E-state index in [-0.39, 0.29) is 30.7 Å². The molecule has 2 amide bonds. The largest absolute Gasteiger partial charge is 0.332 e. The highest BCUT2D eigenvalue weighted by Gasteiger charge is 2.26. The van der Waals surface area contributed by atoms with Crippen LogP contribution in [0.3, 0.4) is 0 Å². The van der Waals surface area contributed by atoms with Crippen LogP contribution in [-0.4, -0.2) is 61.8 Å². The molecule has 2 aliphatic rings. The number of fused-ring (bicyclic) bond motifs is 1. The molecule has 2 heterocycles. The van der Waals surface area contributed by atoms with Crippen LogP contribution in [0.2, 0.25) is 0 Å². The number of carbonyl (C=O) groups excluding carboxylic acids is 2. The van der Waals surface area contributed by atoms with Gasteiger partial charge < -0.3 is 15.1 Å². The van der Waals surface area contributed by atoms with Crippen molar-refractivity contribution in [3.8, 4) is 0 Å². The standard InChI is InChI=1S/C19H22N4O4S/c1-13-5-4-6-14(2)18(13)20-17(24)12-22(3)19(25)15-7-8-16-21-28(26,27)10-9-23(16)11-15/h4-8,11H,9-10,12H2,1-3H3,(H,20,24). The van der Waals surface area contributed by atoms with E-state index in [4.69, 9.17) is 0 Å². The quantitative estimate of drug-likeness (QED) is 0.816. The van der Waals surface area contributed by atoms with Gasteiger partial charge in [-0.1, -0.05) is 18.2 Å². The van der Waals surface area contributed by atoms with Gasteiger partial charge >= 0.3 is 0 Å². The second kappa shape index (κ2) is 7.59. The number of hydrogen-bond acceptors (Lipinski definition) is 5. The molecule has 1 N–H and O–H groups in total. The van der Waals surface area contributed by atoms with E-state index in [1.807, 2.05) is 32.0 Å². The van der Waals surface area contributed by atoms with Crippen molar-refractivity contribution in [2.24, 2.45) is 4.40 Å². The maximum absolute atomic E-state index is 12.7. The molecule has 0 radical (unpaired) electrons. The van der Waals surface area contributed by atoms with Gasteiger partial charge in [0, 0.05) is 25.5 Å². The van der Waals surface area contributed by atoms with Gasteiger partial charge in [0.25, 0.3) is 15.9 Å². The van der Waals surface area contributed by atoms with E-state index < -0.39 is 10.0 Å². The van der Waals surface area contributed by atoms with Gasteiger partial charge in [-0.3, -0.25) is 9.59 Å². The highest BCUT2D eigenvalue weighted by molar-refractivity contribution is 7.90. The Morgan fingerprint density at radius 1 is 1.21 bits per heavy atom. The number of para-hydroxylation sites is 1. The van der Waals surface area contributed by atoms with Crippen LogP contribution in [0.4, 0.5) is 5.69 Å². The van der Waals surface area contributed by atoms with Crippen LogP contribution in [-0.2, 0) is 19.6 Å². The third-order valence-electron chi connectivity index (χ3n) is 4.54. The van der Waals surface area contributed by atoms with Gasteiger partial charge in [-0.15, -0.1) is 4.40 Å². The lowest BCUT2D eigenvalue weighted by Crippen LogP contribution is -2.40. The maximum atomic E-state index is 12.7. The van der Waals surface area contributed by atoms with E-state index in [1.165, 1.54) is 17.1 Å². The summed E-state index contributed by atoms with van der Waals surface area (Å²) < 4.78 is 26.8. The van der Waals surface area contributed by atoms with Crippen LogP contribution >= 0.6 is 0 Å². The Kier molecular flexibility index (Phi) is 5.37. The summed E-state index contributed by atoms with van der Waals surface area (Å²) in [7, 11) is -1.90. The second-order valence-electron chi connectivity index (χ2n) is 6.82. The minimum atomic E-state index is -3.44. The first-order chi connectivity index (χ1) is 13.2. The zero-order valence-corrected chi connectivity index (χ0v) is 16.8. The molecule has 2 aliphatic heterocycles. The SMILES string of the molecule is Cc1cccc(C)c1NC(=O)CN(C)C(=O)C1=CN2CCS(=O)(=O)N=C2C=C1. The molecule has 8 nitrogen and oxygen atoms in total. The van der Waals surface area contributed by atoms with Crippen LogP contribution in [0.25, 0.3) is 0 Å². The third-order valence-corrected chi connectivity index (χ3v) is 5.71. The van der Waals surface area contributed by atoms with E-state index in [2.05, 4.69) is 9.71 Å². The van der Waals surface area contributed by atoms with Gasteiger partial charge in [-0.05, 0) is 37.1 Å². The Morgan fingerprint density at radius 3 is 2.57 bits per heavy atom. The topological polar surface area (TPSA) is 99.1 Å². The predicted molar refractivity (Wildman–Crippen MR) is 107 cm³/mol. The third kappa shape index (κ3) is 4.30. The molecule has 0 saturated heterocycles. The Morgan fingerprint density at radius 2 is 1.89 bits per heavy atom. The molecule has 0 spiro atoms. The summed E-state index contributed by atoms with van der Waals surface area (Å²) in [6.45, 7) is 3.95. The van der Waals surface area contributed by atoms with Gasteiger partial charge in [-0.25, -0.2) is 8.42 Å².